The third kappa shape index (κ3) is 4.32. The summed E-state index contributed by atoms with van der Waals surface area (Å²) in [4.78, 5) is 0. The van der Waals surface area contributed by atoms with Crippen LogP contribution in [0, 0.1) is 6.92 Å². The minimum atomic E-state index is 0.405. The first-order valence-corrected chi connectivity index (χ1v) is 6.81. The number of hydrazone groups is 1. The molecule has 0 aliphatic rings. The maximum absolute atomic E-state index is 5.47. The van der Waals surface area contributed by atoms with Crippen LogP contribution in [-0.4, -0.2) is 17.9 Å². The number of hydrogen-bond acceptors (Lipinski definition) is 4. The first-order valence-electron chi connectivity index (χ1n) is 6.40. The van der Waals surface area contributed by atoms with Crippen molar-refractivity contribution in [1.29, 1.82) is 0 Å². The van der Waals surface area contributed by atoms with Gasteiger partial charge in [-0.1, -0.05) is 0 Å². The summed E-state index contributed by atoms with van der Waals surface area (Å²) in [5, 5.41) is 7.62. The van der Waals surface area contributed by atoms with Crippen molar-refractivity contribution in [2.24, 2.45) is 5.10 Å². The van der Waals surface area contributed by atoms with Crippen LogP contribution in [0.4, 0.5) is 5.69 Å². The van der Waals surface area contributed by atoms with Crippen molar-refractivity contribution < 1.29 is 9.15 Å². The van der Waals surface area contributed by atoms with E-state index in [-0.39, 0.29) is 0 Å². The molecule has 2 rings (SSSR count). The quantitative estimate of drug-likeness (QED) is 0.515. The van der Waals surface area contributed by atoms with E-state index in [0.29, 0.717) is 10.9 Å². The largest absolute Gasteiger partial charge is 0.497 e. The highest BCUT2D eigenvalue weighted by atomic mass is 32.1. The van der Waals surface area contributed by atoms with Crippen molar-refractivity contribution in [3.05, 3.63) is 47.9 Å². The SMILES string of the molecule is COc1ccc(NC(=S)N/N=C(\C)c2ccc(C)o2)cc1. The van der Waals surface area contributed by atoms with E-state index in [1.54, 1.807) is 7.11 Å². The molecule has 2 N–H and O–H groups in total. The molecule has 2 aromatic rings. The summed E-state index contributed by atoms with van der Waals surface area (Å²) in [7, 11) is 1.63. The second-order valence-corrected chi connectivity index (χ2v) is 4.81. The summed E-state index contributed by atoms with van der Waals surface area (Å²) in [6, 6.07) is 11.2. The van der Waals surface area contributed by atoms with Crippen molar-refractivity contribution >= 4 is 28.7 Å². The van der Waals surface area contributed by atoms with Gasteiger partial charge in [0.2, 0.25) is 0 Å². The number of hydrogen-bond donors (Lipinski definition) is 2. The van der Waals surface area contributed by atoms with Gasteiger partial charge >= 0.3 is 0 Å². The molecule has 0 atom stereocenters. The fourth-order valence-electron chi connectivity index (χ4n) is 1.65. The first-order chi connectivity index (χ1) is 10.1. The van der Waals surface area contributed by atoms with Gasteiger partial charge in [-0.3, -0.25) is 5.43 Å². The molecule has 0 radical (unpaired) electrons. The number of ether oxygens (including phenoxy) is 1. The Labute approximate surface area is 129 Å². The highest BCUT2D eigenvalue weighted by Gasteiger charge is 2.03. The minimum absolute atomic E-state index is 0.405. The van der Waals surface area contributed by atoms with E-state index in [2.05, 4.69) is 15.8 Å². The third-order valence-electron chi connectivity index (χ3n) is 2.77. The van der Waals surface area contributed by atoms with Gasteiger partial charge < -0.3 is 14.5 Å². The predicted molar refractivity (Wildman–Crippen MR) is 88.0 cm³/mol. The van der Waals surface area contributed by atoms with Crippen molar-refractivity contribution in [3.8, 4) is 5.75 Å². The van der Waals surface area contributed by atoms with E-state index in [1.165, 1.54) is 0 Å². The Morgan fingerprint density at radius 1 is 1.19 bits per heavy atom. The van der Waals surface area contributed by atoms with Gasteiger partial charge in [-0.05, 0) is 62.5 Å². The first kappa shape index (κ1) is 15.1. The van der Waals surface area contributed by atoms with Gasteiger partial charge in [0.25, 0.3) is 0 Å². The zero-order chi connectivity index (χ0) is 15.2. The second-order valence-electron chi connectivity index (χ2n) is 4.40. The van der Waals surface area contributed by atoms with E-state index in [0.717, 1.165) is 22.9 Å². The summed E-state index contributed by atoms with van der Waals surface area (Å²) < 4.78 is 10.6. The molecule has 1 aromatic heterocycles. The molecule has 5 nitrogen and oxygen atoms in total. The Morgan fingerprint density at radius 3 is 2.48 bits per heavy atom. The molecule has 110 valence electrons. The molecule has 0 fully saturated rings. The molecule has 0 spiro atoms. The average molecular weight is 303 g/mol. The van der Waals surface area contributed by atoms with E-state index >= 15 is 0 Å². The number of nitrogens with one attached hydrogen (secondary N) is 2. The second kappa shape index (κ2) is 6.90. The van der Waals surface area contributed by atoms with Crippen LogP contribution in [0.3, 0.4) is 0 Å². The molecule has 0 saturated heterocycles. The van der Waals surface area contributed by atoms with Crippen LogP contribution in [0.2, 0.25) is 0 Å². The number of anilines is 1. The Kier molecular flexibility index (Phi) is 4.94. The molecule has 1 aromatic carbocycles. The van der Waals surface area contributed by atoms with Gasteiger partial charge in [-0.2, -0.15) is 5.10 Å². The molecule has 0 aliphatic heterocycles. The summed E-state index contributed by atoms with van der Waals surface area (Å²) >= 11 is 5.18. The lowest BCUT2D eigenvalue weighted by Crippen LogP contribution is -2.24. The van der Waals surface area contributed by atoms with E-state index < -0.39 is 0 Å². The Balaban J connectivity index is 1.92. The summed E-state index contributed by atoms with van der Waals surface area (Å²) in [5.74, 6) is 2.35. The van der Waals surface area contributed by atoms with Gasteiger partial charge in [0.05, 0.1) is 7.11 Å². The molecule has 6 heteroatoms. The van der Waals surface area contributed by atoms with E-state index in [9.17, 15) is 0 Å². The lowest BCUT2D eigenvalue weighted by atomic mass is 10.3. The highest BCUT2D eigenvalue weighted by Crippen LogP contribution is 2.14. The van der Waals surface area contributed by atoms with Crippen LogP contribution in [0.15, 0.2) is 45.9 Å². The fourth-order valence-corrected chi connectivity index (χ4v) is 1.82. The molecule has 0 unspecified atom stereocenters. The maximum atomic E-state index is 5.47. The van der Waals surface area contributed by atoms with Crippen LogP contribution >= 0.6 is 12.2 Å². The zero-order valence-electron chi connectivity index (χ0n) is 12.1. The number of benzene rings is 1. The molecule has 0 bridgehead atoms. The normalized spacial score (nSPS) is 11.1. The van der Waals surface area contributed by atoms with Crippen molar-refractivity contribution in [2.75, 3.05) is 12.4 Å². The Hall–Kier alpha value is -2.34. The monoisotopic (exact) mass is 303 g/mol. The van der Waals surface area contributed by atoms with Crippen molar-refractivity contribution in [2.45, 2.75) is 13.8 Å². The fraction of sp³-hybridized carbons (Fsp3) is 0.200. The molecule has 0 aliphatic carbocycles. The molecule has 1 heterocycles. The lowest BCUT2D eigenvalue weighted by Gasteiger charge is -2.08. The number of aryl methyl sites for hydroxylation is 1. The topological polar surface area (TPSA) is 58.8 Å². The molecule has 0 saturated carbocycles. The summed E-state index contributed by atoms with van der Waals surface area (Å²) in [6.45, 7) is 3.74. The summed E-state index contributed by atoms with van der Waals surface area (Å²) in [6.07, 6.45) is 0. The molecule has 21 heavy (non-hydrogen) atoms. The minimum Gasteiger partial charge on any atom is -0.497 e. The van der Waals surface area contributed by atoms with Gasteiger partial charge in [-0.15, -0.1) is 0 Å². The van der Waals surface area contributed by atoms with Crippen LogP contribution < -0.4 is 15.5 Å². The third-order valence-corrected chi connectivity index (χ3v) is 2.96. The summed E-state index contributed by atoms with van der Waals surface area (Å²) in [5.41, 5.74) is 4.36. The van der Waals surface area contributed by atoms with Crippen LogP contribution in [0.1, 0.15) is 18.4 Å². The van der Waals surface area contributed by atoms with E-state index in [1.807, 2.05) is 50.2 Å². The number of furan rings is 1. The highest BCUT2D eigenvalue weighted by molar-refractivity contribution is 7.80. The molecule has 0 amide bonds. The maximum Gasteiger partial charge on any atom is 0.191 e. The average Bonchev–Trinajstić information content (AvgIpc) is 2.92. The Morgan fingerprint density at radius 2 is 1.90 bits per heavy atom. The van der Waals surface area contributed by atoms with Gasteiger partial charge in [0.15, 0.2) is 5.11 Å². The van der Waals surface area contributed by atoms with Crippen LogP contribution in [-0.2, 0) is 0 Å². The van der Waals surface area contributed by atoms with E-state index in [4.69, 9.17) is 21.4 Å². The number of nitrogens with zero attached hydrogens (tertiary/aromatic N) is 1. The van der Waals surface area contributed by atoms with Crippen molar-refractivity contribution in [1.82, 2.24) is 5.43 Å². The zero-order valence-corrected chi connectivity index (χ0v) is 13.0. The predicted octanol–water partition coefficient (Wildman–Crippen LogP) is 3.31. The van der Waals surface area contributed by atoms with Crippen molar-refractivity contribution in [3.63, 3.8) is 0 Å². The van der Waals surface area contributed by atoms with Crippen LogP contribution in [0.5, 0.6) is 5.75 Å². The van der Waals surface area contributed by atoms with Gasteiger partial charge in [0, 0.05) is 5.69 Å². The smallest absolute Gasteiger partial charge is 0.191 e. The van der Waals surface area contributed by atoms with Gasteiger partial charge in [0.1, 0.15) is 23.0 Å². The Bertz CT molecular complexity index is 647. The molecular weight excluding hydrogens is 286 g/mol. The number of methoxy groups -OCH3 is 1. The lowest BCUT2D eigenvalue weighted by molar-refractivity contribution is 0.415. The van der Waals surface area contributed by atoms with Gasteiger partial charge in [-0.25, -0.2) is 0 Å². The van der Waals surface area contributed by atoms with Crippen LogP contribution in [0.25, 0.3) is 0 Å². The number of thiocarbonyl (C=S) groups is 1. The molecular formula is C15H17N3O2S. The standard InChI is InChI=1S/C15H17N3O2S/c1-10-4-9-14(20-10)11(2)17-18-15(21)16-12-5-7-13(19-3)8-6-12/h4-9H,1-3H3,(H2,16,18,21)/b17-11+. The number of rotatable bonds is 4.